The van der Waals surface area contributed by atoms with Gasteiger partial charge in [-0.15, -0.1) is 10.2 Å². The van der Waals surface area contributed by atoms with Crippen molar-refractivity contribution >= 4 is 17.2 Å². The van der Waals surface area contributed by atoms with Gasteiger partial charge in [0.2, 0.25) is 0 Å². The van der Waals surface area contributed by atoms with Crippen LogP contribution < -0.4 is 0 Å². The molecule has 2 aromatic rings. The second kappa shape index (κ2) is 3.78. The summed E-state index contributed by atoms with van der Waals surface area (Å²) in [5, 5.41) is 9.40. The quantitative estimate of drug-likeness (QED) is 0.755. The molecule has 110 valence electrons. The Labute approximate surface area is 128 Å². The van der Waals surface area contributed by atoms with Crippen LogP contribution in [0.15, 0.2) is 12.4 Å². The van der Waals surface area contributed by atoms with E-state index in [2.05, 4.69) is 26.5 Å². The molecular formula is C16H19ClN4. The summed E-state index contributed by atoms with van der Waals surface area (Å²) in [6.45, 7) is 2.48. The molecule has 0 amide bonds. The zero-order valence-corrected chi connectivity index (χ0v) is 13.0. The van der Waals surface area contributed by atoms with Crippen molar-refractivity contribution in [3.05, 3.63) is 23.4 Å². The maximum Gasteiger partial charge on any atom is 0.165 e. The van der Waals surface area contributed by atoms with E-state index in [1.54, 1.807) is 12.4 Å². The van der Waals surface area contributed by atoms with Crippen LogP contribution in [0.5, 0.6) is 0 Å². The molecule has 4 aliphatic rings. The lowest BCUT2D eigenvalue weighted by molar-refractivity contribution is -0.0652. The lowest BCUT2D eigenvalue weighted by Gasteiger charge is -2.60. The maximum absolute atomic E-state index is 5.98. The smallest absolute Gasteiger partial charge is 0.165 e. The van der Waals surface area contributed by atoms with Crippen molar-refractivity contribution in [1.82, 2.24) is 19.6 Å². The summed E-state index contributed by atoms with van der Waals surface area (Å²) in [6, 6.07) is 1.81. The third-order valence-corrected chi connectivity index (χ3v) is 6.30. The van der Waals surface area contributed by atoms with Crippen LogP contribution in [0, 0.1) is 17.3 Å². The van der Waals surface area contributed by atoms with E-state index in [1.165, 1.54) is 38.5 Å². The number of hydrogen-bond donors (Lipinski definition) is 0. The van der Waals surface area contributed by atoms with Crippen molar-refractivity contribution in [2.45, 2.75) is 50.9 Å². The molecular weight excluding hydrogens is 284 g/mol. The van der Waals surface area contributed by atoms with Crippen LogP contribution in [-0.2, 0) is 5.41 Å². The Morgan fingerprint density at radius 2 is 1.95 bits per heavy atom. The SMILES string of the molecule is CC12CC3CC(C1)CC(c1nnc4cc(Cl)ncn14)(C3)C2. The molecule has 5 heteroatoms. The second-order valence-corrected chi connectivity index (χ2v) is 8.40. The van der Waals surface area contributed by atoms with E-state index in [9.17, 15) is 0 Å². The summed E-state index contributed by atoms with van der Waals surface area (Å²) < 4.78 is 2.07. The molecule has 2 aromatic heterocycles. The minimum atomic E-state index is 0.216. The van der Waals surface area contributed by atoms with E-state index in [1.807, 2.05) is 0 Å². The molecule has 0 aliphatic heterocycles. The Balaban J connectivity index is 1.68. The van der Waals surface area contributed by atoms with Crippen LogP contribution in [-0.4, -0.2) is 19.6 Å². The van der Waals surface area contributed by atoms with Gasteiger partial charge >= 0.3 is 0 Å². The first kappa shape index (κ1) is 12.4. The Hall–Kier alpha value is -1.16. The van der Waals surface area contributed by atoms with Crippen LogP contribution in [0.3, 0.4) is 0 Å². The van der Waals surface area contributed by atoms with Crippen molar-refractivity contribution in [3.63, 3.8) is 0 Å². The zero-order valence-electron chi connectivity index (χ0n) is 12.2. The lowest BCUT2D eigenvalue weighted by atomic mass is 9.44. The van der Waals surface area contributed by atoms with Gasteiger partial charge in [-0.25, -0.2) is 4.98 Å². The first-order valence-corrected chi connectivity index (χ1v) is 8.30. The highest BCUT2D eigenvalue weighted by Gasteiger charge is 2.58. The number of aromatic nitrogens is 4. The Kier molecular flexibility index (Phi) is 2.23. The van der Waals surface area contributed by atoms with Gasteiger partial charge < -0.3 is 0 Å². The Morgan fingerprint density at radius 3 is 2.67 bits per heavy atom. The Morgan fingerprint density at radius 1 is 1.19 bits per heavy atom. The minimum absolute atomic E-state index is 0.216. The summed E-state index contributed by atoms with van der Waals surface area (Å²) >= 11 is 5.98. The third kappa shape index (κ3) is 1.65. The fourth-order valence-corrected chi connectivity index (χ4v) is 6.26. The zero-order chi connectivity index (χ0) is 14.2. The fourth-order valence-electron chi connectivity index (χ4n) is 6.12. The normalized spacial score (nSPS) is 41.0. The molecule has 4 bridgehead atoms. The van der Waals surface area contributed by atoms with Gasteiger partial charge in [0.05, 0.1) is 0 Å². The molecule has 4 saturated carbocycles. The molecule has 4 fully saturated rings. The van der Waals surface area contributed by atoms with E-state index in [0.29, 0.717) is 10.6 Å². The van der Waals surface area contributed by atoms with E-state index in [-0.39, 0.29) is 5.41 Å². The standard InChI is InChI=1S/C16H19ClN4/c1-15-4-10-2-11(5-15)7-16(6-10,8-15)14-20-19-13-3-12(17)18-9-21(13)14/h3,9-11H,2,4-8H2,1H3. The number of halogens is 1. The molecule has 4 aliphatic carbocycles. The predicted molar refractivity (Wildman–Crippen MR) is 80.3 cm³/mol. The van der Waals surface area contributed by atoms with E-state index < -0.39 is 0 Å². The molecule has 0 spiro atoms. The highest BCUT2D eigenvalue weighted by Crippen LogP contribution is 2.65. The molecule has 21 heavy (non-hydrogen) atoms. The number of hydrogen-bond acceptors (Lipinski definition) is 3. The average Bonchev–Trinajstić information content (AvgIpc) is 2.79. The number of rotatable bonds is 1. The predicted octanol–water partition coefficient (Wildman–Crippen LogP) is 3.64. The molecule has 2 atom stereocenters. The van der Waals surface area contributed by atoms with Crippen molar-refractivity contribution in [2.24, 2.45) is 17.3 Å². The largest absolute Gasteiger partial charge is 0.269 e. The summed E-state index contributed by atoms with van der Waals surface area (Å²) in [5.41, 5.74) is 1.55. The molecule has 0 aromatic carbocycles. The summed E-state index contributed by atoms with van der Waals surface area (Å²) in [4.78, 5) is 4.23. The highest BCUT2D eigenvalue weighted by molar-refractivity contribution is 6.29. The summed E-state index contributed by atoms with van der Waals surface area (Å²) in [6.07, 6.45) is 9.87. The monoisotopic (exact) mass is 302 g/mol. The van der Waals surface area contributed by atoms with E-state index in [0.717, 1.165) is 23.3 Å². The number of fused-ring (bicyclic) bond motifs is 1. The van der Waals surface area contributed by atoms with Crippen LogP contribution in [0.1, 0.15) is 51.3 Å². The van der Waals surface area contributed by atoms with Gasteiger partial charge in [-0.1, -0.05) is 18.5 Å². The highest BCUT2D eigenvalue weighted by atomic mass is 35.5. The fraction of sp³-hybridized carbons (Fsp3) is 0.688. The van der Waals surface area contributed by atoms with E-state index >= 15 is 0 Å². The van der Waals surface area contributed by atoms with Gasteiger partial charge in [-0.3, -0.25) is 4.40 Å². The van der Waals surface area contributed by atoms with Crippen molar-refractivity contribution in [2.75, 3.05) is 0 Å². The second-order valence-electron chi connectivity index (χ2n) is 8.02. The summed E-state index contributed by atoms with van der Waals surface area (Å²) in [7, 11) is 0. The maximum atomic E-state index is 5.98. The van der Waals surface area contributed by atoms with Gasteiger partial charge in [0, 0.05) is 11.5 Å². The van der Waals surface area contributed by atoms with Crippen LogP contribution >= 0.6 is 11.6 Å². The lowest BCUT2D eigenvalue weighted by Crippen LogP contribution is -2.53. The molecule has 0 saturated heterocycles. The van der Waals surface area contributed by atoms with Crippen molar-refractivity contribution in [1.29, 1.82) is 0 Å². The minimum Gasteiger partial charge on any atom is -0.269 e. The number of nitrogens with zero attached hydrogens (tertiary/aromatic N) is 4. The van der Waals surface area contributed by atoms with Crippen LogP contribution in [0.4, 0.5) is 0 Å². The molecule has 2 heterocycles. The molecule has 4 nitrogen and oxygen atoms in total. The van der Waals surface area contributed by atoms with Gasteiger partial charge in [-0.2, -0.15) is 0 Å². The Bertz CT molecular complexity index is 723. The molecule has 6 rings (SSSR count). The van der Waals surface area contributed by atoms with Gasteiger partial charge in [0.1, 0.15) is 17.3 Å². The molecule has 2 unspecified atom stereocenters. The first-order valence-electron chi connectivity index (χ1n) is 7.92. The topological polar surface area (TPSA) is 43.1 Å². The van der Waals surface area contributed by atoms with Gasteiger partial charge in [0.15, 0.2) is 5.65 Å². The first-order chi connectivity index (χ1) is 10.1. The molecule has 0 N–H and O–H groups in total. The average molecular weight is 303 g/mol. The van der Waals surface area contributed by atoms with Crippen LogP contribution in [0.2, 0.25) is 5.15 Å². The van der Waals surface area contributed by atoms with Crippen molar-refractivity contribution in [3.8, 4) is 0 Å². The molecule has 0 radical (unpaired) electrons. The summed E-state index contributed by atoms with van der Waals surface area (Å²) in [5.74, 6) is 2.88. The van der Waals surface area contributed by atoms with E-state index in [4.69, 9.17) is 11.6 Å². The van der Waals surface area contributed by atoms with Gasteiger partial charge in [-0.05, 0) is 55.8 Å². The van der Waals surface area contributed by atoms with Gasteiger partial charge in [0.25, 0.3) is 0 Å². The third-order valence-electron chi connectivity index (χ3n) is 6.09. The van der Waals surface area contributed by atoms with Crippen LogP contribution in [0.25, 0.3) is 5.65 Å². The van der Waals surface area contributed by atoms with Crippen molar-refractivity contribution < 1.29 is 0 Å².